The van der Waals surface area contributed by atoms with Crippen molar-refractivity contribution in [2.45, 2.75) is 38.5 Å². The SMILES string of the molecule is CCCNCC1(c2ccccc2Cl)CC(C)C1. The zero-order valence-corrected chi connectivity index (χ0v) is 11.6. The van der Waals surface area contributed by atoms with Crippen LogP contribution in [0.15, 0.2) is 24.3 Å². The molecule has 1 saturated carbocycles. The molecule has 0 aliphatic heterocycles. The van der Waals surface area contributed by atoms with Crippen LogP contribution in [0.5, 0.6) is 0 Å². The molecule has 1 aromatic carbocycles. The van der Waals surface area contributed by atoms with Crippen LogP contribution < -0.4 is 5.32 Å². The Morgan fingerprint density at radius 2 is 2.06 bits per heavy atom. The maximum Gasteiger partial charge on any atom is 0.0444 e. The fourth-order valence-corrected chi connectivity index (χ4v) is 3.47. The zero-order chi connectivity index (χ0) is 12.3. The molecule has 0 bridgehead atoms. The van der Waals surface area contributed by atoms with E-state index in [9.17, 15) is 0 Å². The smallest absolute Gasteiger partial charge is 0.0444 e. The highest BCUT2D eigenvalue weighted by molar-refractivity contribution is 6.31. The van der Waals surface area contributed by atoms with E-state index in [4.69, 9.17) is 11.6 Å². The van der Waals surface area contributed by atoms with Gasteiger partial charge in [0.25, 0.3) is 0 Å². The second-order valence-electron chi connectivity index (χ2n) is 5.45. The number of nitrogens with one attached hydrogen (secondary N) is 1. The Kier molecular flexibility index (Phi) is 4.11. The van der Waals surface area contributed by atoms with Crippen molar-refractivity contribution in [2.24, 2.45) is 5.92 Å². The molecule has 2 rings (SSSR count). The molecule has 0 heterocycles. The van der Waals surface area contributed by atoms with Crippen molar-refractivity contribution in [1.82, 2.24) is 5.32 Å². The van der Waals surface area contributed by atoms with Crippen LogP contribution in [-0.2, 0) is 5.41 Å². The van der Waals surface area contributed by atoms with Gasteiger partial charge in [0.05, 0.1) is 0 Å². The van der Waals surface area contributed by atoms with E-state index >= 15 is 0 Å². The average Bonchev–Trinajstić information content (AvgIpc) is 2.27. The Morgan fingerprint density at radius 1 is 1.35 bits per heavy atom. The van der Waals surface area contributed by atoms with E-state index in [0.29, 0.717) is 0 Å². The first kappa shape index (κ1) is 12.9. The van der Waals surface area contributed by atoms with E-state index in [1.54, 1.807) is 0 Å². The van der Waals surface area contributed by atoms with Crippen LogP contribution in [0.3, 0.4) is 0 Å². The zero-order valence-electron chi connectivity index (χ0n) is 10.8. The minimum atomic E-state index is 0.285. The summed E-state index contributed by atoms with van der Waals surface area (Å²) in [6, 6.07) is 8.33. The van der Waals surface area contributed by atoms with E-state index in [-0.39, 0.29) is 5.41 Å². The van der Waals surface area contributed by atoms with Crippen LogP contribution in [0.25, 0.3) is 0 Å². The maximum absolute atomic E-state index is 6.35. The van der Waals surface area contributed by atoms with Gasteiger partial charge in [0.15, 0.2) is 0 Å². The van der Waals surface area contributed by atoms with E-state index in [1.807, 2.05) is 12.1 Å². The van der Waals surface area contributed by atoms with Crippen LogP contribution in [0.2, 0.25) is 5.02 Å². The van der Waals surface area contributed by atoms with Gasteiger partial charge >= 0.3 is 0 Å². The summed E-state index contributed by atoms with van der Waals surface area (Å²) < 4.78 is 0. The van der Waals surface area contributed by atoms with Gasteiger partial charge in [-0.2, -0.15) is 0 Å². The van der Waals surface area contributed by atoms with Crippen molar-refractivity contribution in [2.75, 3.05) is 13.1 Å². The molecule has 0 aromatic heterocycles. The van der Waals surface area contributed by atoms with Gasteiger partial charge in [-0.1, -0.05) is 43.6 Å². The average molecular weight is 252 g/mol. The molecule has 0 saturated heterocycles. The van der Waals surface area contributed by atoms with Gasteiger partial charge < -0.3 is 5.32 Å². The summed E-state index contributed by atoms with van der Waals surface area (Å²) in [5.41, 5.74) is 1.62. The summed E-state index contributed by atoms with van der Waals surface area (Å²) in [6.07, 6.45) is 3.70. The molecule has 0 radical (unpaired) electrons. The Labute approximate surface area is 110 Å². The van der Waals surface area contributed by atoms with E-state index in [2.05, 4.69) is 31.3 Å². The fourth-order valence-electron chi connectivity index (χ4n) is 3.13. The van der Waals surface area contributed by atoms with Gasteiger partial charge in [-0.25, -0.2) is 0 Å². The molecule has 1 N–H and O–H groups in total. The van der Waals surface area contributed by atoms with Gasteiger partial charge in [-0.3, -0.25) is 0 Å². The minimum Gasteiger partial charge on any atom is -0.316 e. The molecule has 1 aromatic rings. The highest BCUT2D eigenvalue weighted by atomic mass is 35.5. The normalized spacial score (nSPS) is 27.8. The molecule has 0 spiro atoms. The lowest BCUT2D eigenvalue weighted by molar-refractivity contribution is 0.153. The molecule has 0 amide bonds. The Bertz CT molecular complexity index is 369. The minimum absolute atomic E-state index is 0.285. The molecular formula is C15H22ClN. The highest BCUT2D eigenvalue weighted by Crippen LogP contribution is 2.49. The molecule has 2 heteroatoms. The van der Waals surface area contributed by atoms with Crippen molar-refractivity contribution in [3.63, 3.8) is 0 Å². The molecule has 94 valence electrons. The first-order chi connectivity index (χ1) is 8.18. The summed E-state index contributed by atoms with van der Waals surface area (Å²) in [6.45, 7) is 6.70. The Morgan fingerprint density at radius 3 is 2.65 bits per heavy atom. The van der Waals surface area contributed by atoms with Crippen LogP contribution >= 0.6 is 11.6 Å². The van der Waals surface area contributed by atoms with Gasteiger partial charge in [-0.15, -0.1) is 0 Å². The van der Waals surface area contributed by atoms with Crippen molar-refractivity contribution in [3.05, 3.63) is 34.9 Å². The predicted molar refractivity (Wildman–Crippen MR) is 74.7 cm³/mol. The van der Waals surface area contributed by atoms with E-state index in [0.717, 1.165) is 24.0 Å². The molecular weight excluding hydrogens is 230 g/mol. The Balaban J connectivity index is 2.14. The fraction of sp³-hybridized carbons (Fsp3) is 0.600. The van der Waals surface area contributed by atoms with Crippen LogP contribution in [0.4, 0.5) is 0 Å². The third-order valence-corrected chi connectivity index (χ3v) is 4.14. The van der Waals surface area contributed by atoms with E-state index < -0.39 is 0 Å². The summed E-state index contributed by atoms with van der Waals surface area (Å²) in [7, 11) is 0. The lowest BCUT2D eigenvalue weighted by atomic mass is 9.59. The van der Waals surface area contributed by atoms with Gasteiger partial charge in [-0.05, 0) is 43.4 Å². The number of benzene rings is 1. The van der Waals surface area contributed by atoms with Crippen LogP contribution in [-0.4, -0.2) is 13.1 Å². The highest BCUT2D eigenvalue weighted by Gasteiger charge is 2.43. The first-order valence-corrected chi connectivity index (χ1v) is 7.01. The molecule has 17 heavy (non-hydrogen) atoms. The quantitative estimate of drug-likeness (QED) is 0.780. The lowest BCUT2D eigenvalue weighted by Gasteiger charge is -2.47. The molecule has 1 nitrogen and oxygen atoms in total. The lowest BCUT2D eigenvalue weighted by Crippen LogP contribution is -2.48. The maximum atomic E-state index is 6.35. The second kappa shape index (κ2) is 5.41. The number of halogens is 1. The molecule has 1 aliphatic carbocycles. The number of hydrogen-bond donors (Lipinski definition) is 1. The molecule has 0 unspecified atom stereocenters. The van der Waals surface area contributed by atoms with Crippen LogP contribution in [0, 0.1) is 5.92 Å². The van der Waals surface area contributed by atoms with Gasteiger partial charge in [0, 0.05) is 17.0 Å². The van der Waals surface area contributed by atoms with Crippen molar-refractivity contribution >= 4 is 11.6 Å². The summed E-state index contributed by atoms with van der Waals surface area (Å²) in [5.74, 6) is 0.828. The molecule has 1 fully saturated rings. The largest absolute Gasteiger partial charge is 0.316 e. The van der Waals surface area contributed by atoms with Crippen molar-refractivity contribution in [3.8, 4) is 0 Å². The first-order valence-electron chi connectivity index (χ1n) is 6.64. The monoisotopic (exact) mass is 251 g/mol. The molecule has 1 aliphatic rings. The van der Waals surface area contributed by atoms with Gasteiger partial charge in [0.1, 0.15) is 0 Å². The summed E-state index contributed by atoms with van der Waals surface area (Å²) >= 11 is 6.35. The van der Waals surface area contributed by atoms with Crippen molar-refractivity contribution < 1.29 is 0 Å². The second-order valence-corrected chi connectivity index (χ2v) is 5.86. The third-order valence-electron chi connectivity index (χ3n) is 3.81. The Hall–Kier alpha value is -0.530. The predicted octanol–water partition coefficient (Wildman–Crippen LogP) is 4.01. The van der Waals surface area contributed by atoms with Gasteiger partial charge in [0.2, 0.25) is 0 Å². The number of rotatable bonds is 5. The van der Waals surface area contributed by atoms with E-state index in [1.165, 1.54) is 24.8 Å². The van der Waals surface area contributed by atoms with Crippen LogP contribution in [0.1, 0.15) is 38.7 Å². The summed E-state index contributed by atoms with van der Waals surface area (Å²) in [5, 5.41) is 4.49. The summed E-state index contributed by atoms with van der Waals surface area (Å²) in [4.78, 5) is 0. The third kappa shape index (κ3) is 2.66. The standard InChI is InChI=1S/C15H22ClN/c1-3-8-17-11-15(9-12(2)10-15)13-6-4-5-7-14(13)16/h4-7,12,17H,3,8-11H2,1-2H3. The number of hydrogen-bond acceptors (Lipinski definition) is 1. The topological polar surface area (TPSA) is 12.0 Å². The van der Waals surface area contributed by atoms with Crippen molar-refractivity contribution in [1.29, 1.82) is 0 Å². The molecule has 0 atom stereocenters.